The third-order valence-corrected chi connectivity index (χ3v) is 12.6. The number of hydrogen-bond donors (Lipinski definition) is 0. The molecule has 0 amide bonds. The third-order valence-electron chi connectivity index (χ3n) is 12.6. The molecular formula is C58H37N5. The zero-order valence-electron chi connectivity index (χ0n) is 34.1. The predicted molar refractivity (Wildman–Crippen MR) is 261 cm³/mol. The quantitative estimate of drug-likeness (QED) is 0.168. The molecule has 13 rings (SSSR count). The molecule has 0 atom stereocenters. The molecular weight excluding hydrogens is 767 g/mol. The van der Waals surface area contributed by atoms with Crippen molar-refractivity contribution >= 4 is 65.4 Å². The van der Waals surface area contributed by atoms with Crippen molar-refractivity contribution in [2.45, 2.75) is 0 Å². The van der Waals surface area contributed by atoms with E-state index in [-0.39, 0.29) is 0 Å². The van der Waals surface area contributed by atoms with Gasteiger partial charge in [0.1, 0.15) is 0 Å². The summed E-state index contributed by atoms with van der Waals surface area (Å²) in [6.07, 6.45) is 0. The van der Waals surface area contributed by atoms with E-state index in [1.54, 1.807) is 0 Å². The van der Waals surface area contributed by atoms with E-state index in [1.807, 2.05) is 24.3 Å². The molecule has 9 aromatic carbocycles. The number of nitrogens with zero attached hydrogens (tertiary/aromatic N) is 5. The van der Waals surface area contributed by atoms with Crippen LogP contribution in [0.5, 0.6) is 0 Å². The summed E-state index contributed by atoms with van der Waals surface area (Å²) in [5.74, 6) is 0.705. The molecule has 0 aliphatic rings. The van der Waals surface area contributed by atoms with Gasteiger partial charge in [0.2, 0.25) is 0 Å². The molecule has 0 bridgehead atoms. The van der Waals surface area contributed by atoms with Gasteiger partial charge in [-0.3, -0.25) is 0 Å². The fourth-order valence-corrected chi connectivity index (χ4v) is 9.84. The second-order valence-electron chi connectivity index (χ2n) is 16.2. The molecule has 0 unspecified atom stereocenters. The van der Waals surface area contributed by atoms with Crippen LogP contribution >= 0.6 is 0 Å². The Kier molecular flexibility index (Phi) is 7.84. The molecule has 0 radical (unpaired) electrons. The van der Waals surface area contributed by atoms with E-state index in [1.165, 1.54) is 59.9 Å². The zero-order valence-corrected chi connectivity index (χ0v) is 34.1. The Balaban J connectivity index is 1.04. The summed E-state index contributed by atoms with van der Waals surface area (Å²) in [6, 6.07) is 80.2. The van der Waals surface area contributed by atoms with Gasteiger partial charge >= 0.3 is 0 Å². The van der Waals surface area contributed by atoms with Crippen LogP contribution in [-0.4, -0.2) is 23.7 Å². The van der Waals surface area contributed by atoms with E-state index in [4.69, 9.17) is 9.97 Å². The van der Waals surface area contributed by atoms with Crippen molar-refractivity contribution in [3.05, 3.63) is 224 Å². The van der Waals surface area contributed by atoms with E-state index in [2.05, 4.69) is 214 Å². The number of hydrogen-bond acceptors (Lipinski definition) is 2. The highest BCUT2D eigenvalue weighted by Gasteiger charge is 2.22. The smallest absolute Gasteiger partial charge is 0.160 e. The summed E-state index contributed by atoms with van der Waals surface area (Å²) in [5, 5.41) is 7.32. The van der Waals surface area contributed by atoms with Crippen LogP contribution in [0.2, 0.25) is 0 Å². The number of aromatic nitrogens is 5. The minimum atomic E-state index is 0.705. The molecule has 0 spiro atoms. The van der Waals surface area contributed by atoms with E-state index in [9.17, 15) is 0 Å². The van der Waals surface area contributed by atoms with Crippen LogP contribution < -0.4 is 0 Å². The van der Waals surface area contributed by atoms with Crippen LogP contribution in [-0.2, 0) is 0 Å². The topological polar surface area (TPSA) is 40.6 Å². The van der Waals surface area contributed by atoms with Crippen LogP contribution in [0, 0.1) is 0 Å². The molecule has 0 aliphatic heterocycles. The maximum Gasteiger partial charge on any atom is 0.160 e. The third kappa shape index (κ3) is 5.50. The SMILES string of the molecule is c1ccc(-c2cc(-c3ccc(-n4c5ccccc5c5ccc6c7ccccc7n(-c7ccc8c(c7)c7ccccc7n8-c7ccccc7)c6c54)cc3)nc(-c3ccccc3)n2)cc1. The molecule has 63 heavy (non-hydrogen) atoms. The first-order valence-corrected chi connectivity index (χ1v) is 21.4. The summed E-state index contributed by atoms with van der Waals surface area (Å²) in [6.45, 7) is 0. The largest absolute Gasteiger partial charge is 0.309 e. The highest BCUT2D eigenvalue weighted by molar-refractivity contribution is 6.24. The zero-order chi connectivity index (χ0) is 41.4. The average molecular weight is 804 g/mol. The lowest BCUT2D eigenvalue weighted by molar-refractivity contribution is 1.15. The second kappa shape index (κ2) is 14.0. The van der Waals surface area contributed by atoms with Gasteiger partial charge < -0.3 is 13.7 Å². The number of benzene rings is 9. The monoisotopic (exact) mass is 803 g/mol. The first-order valence-electron chi connectivity index (χ1n) is 21.4. The molecule has 5 nitrogen and oxygen atoms in total. The summed E-state index contributed by atoms with van der Waals surface area (Å²) >= 11 is 0. The minimum absolute atomic E-state index is 0.705. The second-order valence-corrected chi connectivity index (χ2v) is 16.2. The Bertz CT molecular complexity index is 3820. The van der Waals surface area contributed by atoms with Crippen molar-refractivity contribution in [1.82, 2.24) is 23.7 Å². The van der Waals surface area contributed by atoms with Crippen molar-refractivity contribution < 1.29 is 0 Å². The molecule has 0 saturated carbocycles. The van der Waals surface area contributed by atoms with E-state index >= 15 is 0 Å². The van der Waals surface area contributed by atoms with Crippen molar-refractivity contribution in [3.8, 4) is 51.0 Å². The summed E-state index contributed by atoms with van der Waals surface area (Å²) in [4.78, 5) is 10.2. The highest BCUT2D eigenvalue weighted by Crippen LogP contribution is 2.43. The molecule has 0 fully saturated rings. The summed E-state index contributed by atoms with van der Waals surface area (Å²) in [5.41, 5.74) is 15.2. The van der Waals surface area contributed by atoms with Gasteiger partial charge in [-0.25, -0.2) is 9.97 Å². The lowest BCUT2D eigenvalue weighted by Crippen LogP contribution is -1.99. The summed E-state index contributed by atoms with van der Waals surface area (Å²) in [7, 11) is 0. The van der Waals surface area contributed by atoms with Gasteiger partial charge in [0.15, 0.2) is 5.82 Å². The summed E-state index contributed by atoms with van der Waals surface area (Å²) < 4.78 is 7.32. The molecule has 0 aliphatic carbocycles. The Morgan fingerprint density at radius 1 is 0.254 bits per heavy atom. The van der Waals surface area contributed by atoms with Crippen LogP contribution in [0.4, 0.5) is 0 Å². The Morgan fingerprint density at radius 3 is 1.25 bits per heavy atom. The van der Waals surface area contributed by atoms with Crippen LogP contribution in [0.25, 0.3) is 116 Å². The van der Waals surface area contributed by atoms with Gasteiger partial charge in [0, 0.05) is 66.1 Å². The number of para-hydroxylation sites is 4. The van der Waals surface area contributed by atoms with Gasteiger partial charge in [0.05, 0.1) is 44.5 Å². The van der Waals surface area contributed by atoms with Crippen LogP contribution in [0.3, 0.4) is 0 Å². The molecule has 13 aromatic rings. The standard InChI is InChI=1S/C58H37N5/c1-4-16-38(17-5-1)50-37-51(60-58(59-50)40-18-6-2-7-19-40)39-28-30-42(31-29-39)62-53-26-14-10-22-44(53)47-33-34-48-45-23-11-15-27-54(45)63(57(48)56(47)62)43-32-35-55-49(36-43)46-24-12-13-25-52(46)61(55)41-20-8-3-9-21-41/h1-37H. The minimum Gasteiger partial charge on any atom is -0.309 e. The first kappa shape index (κ1) is 35.2. The van der Waals surface area contributed by atoms with Gasteiger partial charge in [-0.1, -0.05) is 158 Å². The van der Waals surface area contributed by atoms with Gasteiger partial charge in [-0.2, -0.15) is 0 Å². The van der Waals surface area contributed by atoms with Crippen molar-refractivity contribution in [3.63, 3.8) is 0 Å². The maximum absolute atomic E-state index is 5.14. The maximum atomic E-state index is 5.14. The van der Waals surface area contributed by atoms with Gasteiger partial charge in [-0.05, 0) is 66.7 Å². The lowest BCUT2D eigenvalue weighted by Gasteiger charge is -2.14. The molecule has 4 heterocycles. The van der Waals surface area contributed by atoms with Gasteiger partial charge in [0.25, 0.3) is 0 Å². The van der Waals surface area contributed by atoms with E-state index in [0.29, 0.717) is 5.82 Å². The molecule has 294 valence electrons. The van der Waals surface area contributed by atoms with Gasteiger partial charge in [-0.15, -0.1) is 0 Å². The Labute approximate surface area is 363 Å². The van der Waals surface area contributed by atoms with Crippen molar-refractivity contribution in [2.75, 3.05) is 0 Å². The lowest BCUT2D eigenvalue weighted by atomic mass is 10.1. The van der Waals surface area contributed by atoms with Crippen molar-refractivity contribution in [1.29, 1.82) is 0 Å². The van der Waals surface area contributed by atoms with Crippen LogP contribution in [0.1, 0.15) is 0 Å². The Morgan fingerprint density at radius 2 is 0.667 bits per heavy atom. The highest BCUT2D eigenvalue weighted by atomic mass is 15.0. The fourth-order valence-electron chi connectivity index (χ4n) is 9.84. The fraction of sp³-hybridized carbons (Fsp3) is 0. The van der Waals surface area contributed by atoms with E-state index in [0.717, 1.165) is 50.7 Å². The molecule has 4 aromatic heterocycles. The normalized spacial score (nSPS) is 11.8. The van der Waals surface area contributed by atoms with E-state index < -0.39 is 0 Å². The molecule has 5 heteroatoms. The Hall–Kier alpha value is -8.54. The van der Waals surface area contributed by atoms with Crippen molar-refractivity contribution in [2.24, 2.45) is 0 Å². The first-order chi connectivity index (χ1) is 31.3. The number of fused-ring (bicyclic) bond motifs is 10. The molecule has 0 saturated heterocycles. The van der Waals surface area contributed by atoms with Crippen LogP contribution in [0.15, 0.2) is 224 Å². The average Bonchev–Trinajstić information content (AvgIpc) is 4.00. The predicted octanol–water partition coefficient (Wildman–Crippen LogP) is 14.8. The molecule has 0 N–H and O–H groups in total. The number of rotatable bonds is 6.